The van der Waals surface area contributed by atoms with Crippen molar-refractivity contribution in [2.24, 2.45) is 10.9 Å². The van der Waals surface area contributed by atoms with Gasteiger partial charge >= 0.3 is 0 Å². The third-order valence-electron chi connectivity index (χ3n) is 4.00. The maximum absolute atomic E-state index is 5.59. The molecule has 2 N–H and O–H groups in total. The zero-order chi connectivity index (χ0) is 18.1. The summed E-state index contributed by atoms with van der Waals surface area (Å²) in [6.07, 6.45) is 4.91. The third-order valence-corrected chi connectivity index (χ3v) is 4.00. The summed E-state index contributed by atoms with van der Waals surface area (Å²) in [6, 6.07) is 8.20. The fraction of sp³-hybridized carbons (Fsp3) is 0.500. The SMILES string of the molecule is CN=C(NCCCC(C)C)NCCc1coc(-c2ccc(C)cc2)n1. The highest BCUT2D eigenvalue weighted by molar-refractivity contribution is 5.79. The summed E-state index contributed by atoms with van der Waals surface area (Å²) in [4.78, 5) is 8.81. The Bertz CT molecular complexity index is 659. The summed E-state index contributed by atoms with van der Waals surface area (Å²) in [5.74, 6) is 2.25. The van der Waals surface area contributed by atoms with Gasteiger partial charge in [0.1, 0.15) is 6.26 Å². The van der Waals surface area contributed by atoms with E-state index in [9.17, 15) is 0 Å². The molecule has 0 aliphatic carbocycles. The minimum Gasteiger partial charge on any atom is -0.444 e. The zero-order valence-electron chi connectivity index (χ0n) is 15.8. The monoisotopic (exact) mass is 342 g/mol. The van der Waals surface area contributed by atoms with E-state index in [-0.39, 0.29) is 0 Å². The Balaban J connectivity index is 1.75. The van der Waals surface area contributed by atoms with Crippen LogP contribution in [0.5, 0.6) is 0 Å². The van der Waals surface area contributed by atoms with E-state index in [2.05, 4.69) is 53.5 Å². The highest BCUT2D eigenvalue weighted by atomic mass is 16.3. The first-order valence-corrected chi connectivity index (χ1v) is 9.04. The van der Waals surface area contributed by atoms with Crippen LogP contribution in [0.3, 0.4) is 0 Å². The lowest BCUT2D eigenvalue weighted by molar-refractivity contribution is 0.549. The van der Waals surface area contributed by atoms with Gasteiger partial charge in [-0.15, -0.1) is 0 Å². The number of guanidine groups is 1. The van der Waals surface area contributed by atoms with Crippen molar-refractivity contribution in [2.45, 2.75) is 40.0 Å². The highest BCUT2D eigenvalue weighted by Gasteiger charge is 2.07. The highest BCUT2D eigenvalue weighted by Crippen LogP contribution is 2.19. The molecule has 2 aromatic rings. The van der Waals surface area contributed by atoms with Gasteiger partial charge in [-0.1, -0.05) is 31.5 Å². The molecule has 0 bridgehead atoms. The summed E-state index contributed by atoms with van der Waals surface area (Å²) in [6.45, 7) is 8.27. The van der Waals surface area contributed by atoms with Crippen LogP contribution in [0.2, 0.25) is 0 Å². The molecular weight excluding hydrogens is 312 g/mol. The minimum atomic E-state index is 0.672. The van der Waals surface area contributed by atoms with Gasteiger partial charge in [-0.3, -0.25) is 4.99 Å². The summed E-state index contributed by atoms with van der Waals surface area (Å²) in [5, 5.41) is 6.66. The number of rotatable bonds is 8. The predicted octanol–water partition coefficient (Wildman–Crippen LogP) is 3.79. The van der Waals surface area contributed by atoms with Crippen molar-refractivity contribution in [3.63, 3.8) is 0 Å². The predicted molar refractivity (Wildman–Crippen MR) is 104 cm³/mol. The Labute approximate surface area is 151 Å². The lowest BCUT2D eigenvalue weighted by Gasteiger charge is -2.11. The maximum atomic E-state index is 5.59. The molecule has 0 spiro atoms. The second-order valence-corrected chi connectivity index (χ2v) is 6.72. The third kappa shape index (κ3) is 6.61. The molecule has 0 radical (unpaired) electrons. The molecule has 2 rings (SSSR count). The van der Waals surface area contributed by atoms with E-state index in [1.807, 2.05) is 12.1 Å². The molecule has 25 heavy (non-hydrogen) atoms. The normalized spacial score (nSPS) is 11.8. The molecule has 0 fully saturated rings. The van der Waals surface area contributed by atoms with E-state index in [0.29, 0.717) is 5.89 Å². The molecular formula is C20H30N4O. The molecule has 5 heteroatoms. The van der Waals surface area contributed by atoms with Crippen LogP contribution in [0.25, 0.3) is 11.5 Å². The van der Waals surface area contributed by atoms with Crippen molar-refractivity contribution in [1.29, 1.82) is 0 Å². The van der Waals surface area contributed by atoms with E-state index in [1.54, 1.807) is 13.3 Å². The maximum Gasteiger partial charge on any atom is 0.226 e. The summed E-state index contributed by atoms with van der Waals surface area (Å²) >= 11 is 0. The topological polar surface area (TPSA) is 62.5 Å². The van der Waals surface area contributed by atoms with Crippen molar-refractivity contribution in [3.05, 3.63) is 41.8 Å². The molecule has 0 amide bonds. The summed E-state index contributed by atoms with van der Waals surface area (Å²) in [5.41, 5.74) is 3.18. The van der Waals surface area contributed by atoms with Crippen molar-refractivity contribution in [3.8, 4) is 11.5 Å². The second kappa shape index (κ2) is 9.87. The molecule has 0 aliphatic heterocycles. The average Bonchev–Trinajstić information content (AvgIpc) is 3.06. The largest absolute Gasteiger partial charge is 0.444 e. The van der Waals surface area contributed by atoms with Gasteiger partial charge in [-0.05, 0) is 37.8 Å². The minimum absolute atomic E-state index is 0.672. The molecule has 136 valence electrons. The van der Waals surface area contributed by atoms with Crippen molar-refractivity contribution in [1.82, 2.24) is 15.6 Å². The van der Waals surface area contributed by atoms with Gasteiger partial charge in [-0.2, -0.15) is 0 Å². The van der Waals surface area contributed by atoms with E-state index >= 15 is 0 Å². The number of oxazole rings is 1. The number of aliphatic imine (C=N–C) groups is 1. The second-order valence-electron chi connectivity index (χ2n) is 6.72. The van der Waals surface area contributed by atoms with Gasteiger partial charge in [0.2, 0.25) is 5.89 Å². The number of aryl methyl sites for hydroxylation is 1. The Morgan fingerprint density at radius 1 is 1.16 bits per heavy atom. The number of hydrogen-bond donors (Lipinski definition) is 2. The molecule has 5 nitrogen and oxygen atoms in total. The van der Waals surface area contributed by atoms with Crippen LogP contribution in [-0.4, -0.2) is 31.1 Å². The molecule has 0 saturated heterocycles. The van der Waals surface area contributed by atoms with E-state index in [0.717, 1.165) is 49.1 Å². The van der Waals surface area contributed by atoms with Crippen molar-refractivity contribution in [2.75, 3.05) is 20.1 Å². The van der Waals surface area contributed by atoms with Crippen LogP contribution in [0.1, 0.15) is 37.9 Å². The zero-order valence-corrected chi connectivity index (χ0v) is 15.8. The van der Waals surface area contributed by atoms with E-state index in [1.165, 1.54) is 12.0 Å². The molecule has 0 aliphatic rings. The number of benzene rings is 1. The molecule has 0 saturated carbocycles. The summed E-state index contributed by atoms with van der Waals surface area (Å²) < 4.78 is 5.59. The van der Waals surface area contributed by atoms with E-state index in [4.69, 9.17) is 4.42 Å². The Morgan fingerprint density at radius 3 is 2.56 bits per heavy atom. The first kappa shape index (κ1) is 19.0. The number of nitrogens with zero attached hydrogens (tertiary/aromatic N) is 2. The van der Waals surface area contributed by atoms with Crippen LogP contribution >= 0.6 is 0 Å². The van der Waals surface area contributed by atoms with Gasteiger partial charge in [0.05, 0.1) is 5.69 Å². The lowest BCUT2D eigenvalue weighted by atomic mass is 10.1. The average molecular weight is 342 g/mol. The first-order valence-electron chi connectivity index (χ1n) is 9.04. The molecule has 1 aromatic heterocycles. The lowest BCUT2D eigenvalue weighted by Crippen LogP contribution is -2.38. The smallest absolute Gasteiger partial charge is 0.226 e. The molecule has 1 heterocycles. The fourth-order valence-corrected chi connectivity index (χ4v) is 2.50. The van der Waals surface area contributed by atoms with Gasteiger partial charge < -0.3 is 15.1 Å². The van der Waals surface area contributed by atoms with Crippen LogP contribution < -0.4 is 10.6 Å². The van der Waals surface area contributed by atoms with E-state index < -0.39 is 0 Å². The Hall–Kier alpha value is -2.30. The summed E-state index contributed by atoms with van der Waals surface area (Å²) in [7, 11) is 1.80. The van der Waals surface area contributed by atoms with Gasteiger partial charge in [0.15, 0.2) is 5.96 Å². The Morgan fingerprint density at radius 2 is 1.88 bits per heavy atom. The van der Waals surface area contributed by atoms with Crippen LogP contribution in [-0.2, 0) is 6.42 Å². The number of hydrogen-bond acceptors (Lipinski definition) is 3. The Kier molecular flexibility index (Phi) is 7.51. The van der Waals surface area contributed by atoms with Crippen molar-refractivity contribution < 1.29 is 4.42 Å². The van der Waals surface area contributed by atoms with Crippen molar-refractivity contribution >= 4 is 5.96 Å². The fourth-order valence-electron chi connectivity index (χ4n) is 2.50. The quantitative estimate of drug-likeness (QED) is 0.435. The molecule has 1 aromatic carbocycles. The van der Waals surface area contributed by atoms with Gasteiger partial charge in [0.25, 0.3) is 0 Å². The first-order chi connectivity index (χ1) is 12.1. The number of aromatic nitrogens is 1. The molecule has 0 atom stereocenters. The van der Waals surface area contributed by atoms with Crippen LogP contribution in [0, 0.1) is 12.8 Å². The van der Waals surface area contributed by atoms with Crippen LogP contribution in [0.15, 0.2) is 39.9 Å². The van der Waals surface area contributed by atoms with Crippen LogP contribution in [0.4, 0.5) is 0 Å². The molecule has 0 unspecified atom stereocenters. The standard InChI is InChI=1S/C20H30N4O/c1-15(2)6-5-12-22-20(21-4)23-13-11-18-14-25-19(24-18)17-9-7-16(3)8-10-17/h7-10,14-15H,5-6,11-13H2,1-4H3,(H2,21,22,23). The van der Waals surface area contributed by atoms with Gasteiger partial charge in [0, 0.05) is 32.1 Å². The number of nitrogens with one attached hydrogen (secondary N) is 2. The van der Waals surface area contributed by atoms with Gasteiger partial charge in [-0.25, -0.2) is 4.98 Å².